The van der Waals surface area contributed by atoms with Gasteiger partial charge in [0.1, 0.15) is 6.04 Å². The Morgan fingerprint density at radius 3 is 2.89 bits per heavy atom. The van der Waals surface area contributed by atoms with Crippen molar-refractivity contribution in [2.45, 2.75) is 44.2 Å². The zero-order chi connectivity index (χ0) is 12.8. The molecule has 1 saturated carbocycles. The number of carbonyl (C=O) groups is 1. The standard InChI is InChI=1S/C13H22N4O/c14-8-12-9-15-6-7-17(12)10-13(18)16-11-4-2-1-3-5-11/h11-12,15H,1-7,9-10H2,(H,16,18). The first-order chi connectivity index (χ1) is 8.79. The lowest BCUT2D eigenvalue weighted by molar-refractivity contribution is -0.123. The van der Waals surface area contributed by atoms with Crippen molar-refractivity contribution >= 4 is 5.91 Å². The molecule has 1 heterocycles. The second kappa shape index (κ2) is 6.72. The van der Waals surface area contributed by atoms with Gasteiger partial charge < -0.3 is 10.6 Å². The summed E-state index contributed by atoms with van der Waals surface area (Å²) in [5, 5.41) is 15.3. The SMILES string of the molecule is N#CC1CNCCN1CC(=O)NC1CCCCC1. The van der Waals surface area contributed by atoms with Gasteiger partial charge in [-0.25, -0.2) is 0 Å². The van der Waals surface area contributed by atoms with Gasteiger partial charge in [0.15, 0.2) is 0 Å². The fourth-order valence-corrected chi connectivity index (χ4v) is 2.77. The zero-order valence-electron chi connectivity index (χ0n) is 10.8. The molecule has 1 unspecified atom stereocenters. The molecule has 1 aliphatic carbocycles. The maximum Gasteiger partial charge on any atom is 0.234 e. The topological polar surface area (TPSA) is 68.2 Å². The van der Waals surface area contributed by atoms with E-state index in [0.717, 1.165) is 25.9 Å². The minimum Gasteiger partial charge on any atom is -0.352 e. The van der Waals surface area contributed by atoms with Crippen molar-refractivity contribution in [2.24, 2.45) is 0 Å². The highest BCUT2D eigenvalue weighted by molar-refractivity contribution is 5.78. The van der Waals surface area contributed by atoms with Crippen molar-refractivity contribution in [1.82, 2.24) is 15.5 Å². The summed E-state index contributed by atoms with van der Waals surface area (Å²) in [6.07, 6.45) is 5.95. The molecule has 0 spiro atoms. The number of amides is 1. The Labute approximate surface area is 109 Å². The van der Waals surface area contributed by atoms with E-state index in [-0.39, 0.29) is 11.9 Å². The average molecular weight is 250 g/mol. The van der Waals surface area contributed by atoms with E-state index in [1.165, 1.54) is 19.3 Å². The molecule has 1 aliphatic heterocycles. The monoisotopic (exact) mass is 250 g/mol. The number of piperazine rings is 1. The maximum absolute atomic E-state index is 12.0. The van der Waals surface area contributed by atoms with Crippen LogP contribution in [0.4, 0.5) is 0 Å². The third kappa shape index (κ3) is 3.69. The molecule has 0 aromatic rings. The molecule has 18 heavy (non-hydrogen) atoms. The van der Waals surface area contributed by atoms with Gasteiger partial charge in [-0.2, -0.15) is 5.26 Å². The Morgan fingerprint density at radius 2 is 2.17 bits per heavy atom. The highest BCUT2D eigenvalue weighted by Crippen LogP contribution is 2.17. The summed E-state index contributed by atoms with van der Waals surface area (Å²) >= 11 is 0. The lowest BCUT2D eigenvalue weighted by Crippen LogP contribution is -2.54. The number of hydrogen-bond donors (Lipinski definition) is 2. The molecule has 100 valence electrons. The fraction of sp³-hybridized carbons (Fsp3) is 0.846. The van der Waals surface area contributed by atoms with Crippen molar-refractivity contribution in [3.8, 4) is 6.07 Å². The molecule has 1 amide bonds. The largest absolute Gasteiger partial charge is 0.352 e. The van der Waals surface area contributed by atoms with Crippen LogP contribution in [0.5, 0.6) is 0 Å². The van der Waals surface area contributed by atoms with Gasteiger partial charge >= 0.3 is 0 Å². The van der Waals surface area contributed by atoms with Gasteiger partial charge in [-0.05, 0) is 12.8 Å². The molecule has 2 fully saturated rings. The first kappa shape index (κ1) is 13.3. The number of nitrogens with one attached hydrogen (secondary N) is 2. The van der Waals surface area contributed by atoms with E-state index in [2.05, 4.69) is 16.7 Å². The lowest BCUT2D eigenvalue weighted by Gasteiger charge is -2.32. The summed E-state index contributed by atoms with van der Waals surface area (Å²) < 4.78 is 0. The van der Waals surface area contributed by atoms with Gasteiger partial charge in [-0.3, -0.25) is 9.69 Å². The molecule has 1 atom stereocenters. The molecule has 2 rings (SSSR count). The molecule has 0 aromatic carbocycles. The molecule has 0 aromatic heterocycles. The van der Waals surface area contributed by atoms with Crippen LogP contribution < -0.4 is 10.6 Å². The first-order valence-corrected chi connectivity index (χ1v) is 6.93. The van der Waals surface area contributed by atoms with Crippen molar-refractivity contribution < 1.29 is 4.79 Å². The van der Waals surface area contributed by atoms with Crippen LogP contribution in [0.2, 0.25) is 0 Å². The van der Waals surface area contributed by atoms with Gasteiger partial charge in [0, 0.05) is 25.7 Å². The van der Waals surface area contributed by atoms with Gasteiger partial charge in [0.25, 0.3) is 0 Å². The van der Waals surface area contributed by atoms with E-state index in [0.29, 0.717) is 19.1 Å². The van der Waals surface area contributed by atoms with Crippen LogP contribution in [0, 0.1) is 11.3 Å². The summed E-state index contributed by atoms with van der Waals surface area (Å²) in [7, 11) is 0. The molecule has 5 heteroatoms. The van der Waals surface area contributed by atoms with Crippen molar-refractivity contribution in [2.75, 3.05) is 26.2 Å². The third-order valence-electron chi connectivity index (χ3n) is 3.82. The number of carbonyl (C=O) groups excluding carboxylic acids is 1. The molecule has 2 N–H and O–H groups in total. The van der Waals surface area contributed by atoms with Crippen LogP contribution in [0.15, 0.2) is 0 Å². The Balaban J connectivity index is 1.77. The molecular weight excluding hydrogens is 228 g/mol. The molecule has 0 radical (unpaired) electrons. The van der Waals surface area contributed by atoms with E-state index < -0.39 is 0 Å². The smallest absolute Gasteiger partial charge is 0.234 e. The first-order valence-electron chi connectivity index (χ1n) is 6.93. The van der Waals surface area contributed by atoms with E-state index >= 15 is 0 Å². The van der Waals surface area contributed by atoms with Crippen molar-refractivity contribution in [3.63, 3.8) is 0 Å². The Hall–Kier alpha value is -1.12. The quantitative estimate of drug-likeness (QED) is 0.752. The van der Waals surface area contributed by atoms with Gasteiger partial charge in [-0.1, -0.05) is 19.3 Å². The normalized spacial score (nSPS) is 26.5. The van der Waals surface area contributed by atoms with Gasteiger partial charge in [0.05, 0.1) is 12.6 Å². The minimum absolute atomic E-state index is 0.0732. The Morgan fingerprint density at radius 1 is 1.39 bits per heavy atom. The van der Waals surface area contributed by atoms with E-state index in [1.807, 2.05) is 4.90 Å². The Bertz CT molecular complexity index is 319. The summed E-state index contributed by atoms with van der Waals surface area (Å²) in [6.45, 7) is 2.65. The second-order valence-electron chi connectivity index (χ2n) is 5.22. The van der Waals surface area contributed by atoms with E-state index in [9.17, 15) is 4.79 Å². The second-order valence-corrected chi connectivity index (χ2v) is 5.22. The molecule has 0 bridgehead atoms. The molecule has 1 saturated heterocycles. The minimum atomic E-state index is -0.171. The summed E-state index contributed by atoms with van der Waals surface area (Å²) in [5.41, 5.74) is 0. The molecular formula is C13H22N4O. The van der Waals surface area contributed by atoms with Crippen LogP contribution in [-0.4, -0.2) is 49.1 Å². The predicted molar refractivity (Wildman–Crippen MR) is 68.9 cm³/mol. The average Bonchev–Trinajstić information content (AvgIpc) is 2.40. The van der Waals surface area contributed by atoms with Crippen LogP contribution in [-0.2, 0) is 4.79 Å². The number of nitrogens with zero attached hydrogens (tertiary/aromatic N) is 2. The van der Waals surface area contributed by atoms with Crippen molar-refractivity contribution in [1.29, 1.82) is 5.26 Å². The highest BCUT2D eigenvalue weighted by Gasteiger charge is 2.24. The summed E-state index contributed by atoms with van der Waals surface area (Å²) in [5.74, 6) is 0.0732. The van der Waals surface area contributed by atoms with E-state index in [4.69, 9.17) is 5.26 Å². The van der Waals surface area contributed by atoms with Crippen LogP contribution in [0.25, 0.3) is 0 Å². The fourth-order valence-electron chi connectivity index (χ4n) is 2.77. The Kier molecular flexibility index (Phi) is 4.97. The summed E-state index contributed by atoms with van der Waals surface area (Å²) in [4.78, 5) is 13.9. The van der Waals surface area contributed by atoms with Gasteiger partial charge in [-0.15, -0.1) is 0 Å². The maximum atomic E-state index is 12.0. The van der Waals surface area contributed by atoms with Crippen LogP contribution >= 0.6 is 0 Å². The third-order valence-corrected chi connectivity index (χ3v) is 3.82. The number of nitriles is 1. The number of hydrogen-bond acceptors (Lipinski definition) is 4. The molecule has 5 nitrogen and oxygen atoms in total. The highest BCUT2D eigenvalue weighted by atomic mass is 16.2. The van der Waals surface area contributed by atoms with Crippen molar-refractivity contribution in [3.05, 3.63) is 0 Å². The van der Waals surface area contributed by atoms with Crippen LogP contribution in [0.3, 0.4) is 0 Å². The molecule has 2 aliphatic rings. The number of rotatable bonds is 3. The predicted octanol–water partition coefficient (Wildman–Crippen LogP) is 0.233. The lowest BCUT2D eigenvalue weighted by atomic mass is 9.95. The zero-order valence-corrected chi connectivity index (χ0v) is 10.8. The summed E-state index contributed by atoms with van der Waals surface area (Å²) in [6, 6.07) is 2.43. The van der Waals surface area contributed by atoms with Gasteiger partial charge in [0.2, 0.25) is 5.91 Å². The van der Waals surface area contributed by atoms with E-state index in [1.54, 1.807) is 0 Å². The van der Waals surface area contributed by atoms with Crippen LogP contribution in [0.1, 0.15) is 32.1 Å².